The normalized spacial score (nSPS) is 23.3. The molecule has 1 aliphatic carbocycles. The Morgan fingerprint density at radius 3 is 2.57 bits per heavy atom. The average Bonchev–Trinajstić information content (AvgIpc) is 3.20. The summed E-state index contributed by atoms with van der Waals surface area (Å²) in [5.41, 5.74) is 1.70. The first-order valence-electron chi connectivity index (χ1n) is 8.03. The molecule has 2 fully saturated rings. The Morgan fingerprint density at radius 1 is 1.17 bits per heavy atom. The predicted octanol–water partition coefficient (Wildman–Crippen LogP) is 1.97. The van der Waals surface area contributed by atoms with Crippen LogP contribution in [0.25, 0.3) is 10.9 Å². The summed E-state index contributed by atoms with van der Waals surface area (Å²) in [4.78, 5) is 15.0. The first-order chi connectivity index (χ1) is 11.0. The van der Waals surface area contributed by atoms with E-state index in [0.29, 0.717) is 12.0 Å². The third kappa shape index (κ3) is 2.55. The molecule has 2 heterocycles. The number of aryl methyl sites for hydroxylation is 1. The lowest BCUT2D eigenvalue weighted by atomic mass is 10.1. The summed E-state index contributed by atoms with van der Waals surface area (Å²) in [6, 6.07) is 7.88. The molecule has 1 aliphatic heterocycles. The van der Waals surface area contributed by atoms with Crippen molar-refractivity contribution < 1.29 is 13.2 Å². The van der Waals surface area contributed by atoms with Crippen LogP contribution in [-0.2, 0) is 16.9 Å². The third-order valence-electron chi connectivity index (χ3n) is 4.90. The largest absolute Gasteiger partial charge is 0.350 e. The molecule has 0 N–H and O–H groups in total. The van der Waals surface area contributed by atoms with Crippen LogP contribution in [0.2, 0.25) is 0 Å². The second-order valence-electron chi connectivity index (χ2n) is 6.67. The molecule has 122 valence electrons. The Bertz CT molecular complexity index is 880. The van der Waals surface area contributed by atoms with Gasteiger partial charge in [-0.15, -0.1) is 0 Å². The zero-order chi connectivity index (χ0) is 16.2. The first kappa shape index (κ1) is 14.8. The second-order valence-corrected chi connectivity index (χ2v) is 8.90. The fourth-order valence-corrected chi connectivity index (χ4v) is 5.34. The van der Waals surface area contributed by atoms with Gasteiger partial charge in [-0.2, -0.15) is 0 Å². The van der Waals surface area contributed by atoms with Gasteiger partial charge < -0.3 is 9.47 Å². The Labute approximate surface area is 135 Å². The summed E-state index contributed by atoms with van der Waals surface area (Å²) in [6.07, 6.45) is 4.39. The highest BCUT2D eigenvalue weighted by Crippen LogP contribution is 2.34. The van der Waals surface area contributed by atoms with Crippen molar-refractivity contribution in [3.8, 4) is 0 Å². The molecule has 2 aliphatic rings. The van der Waals surface area contributed by atoms with Crippen molar-refractivity contribution in [2.75, 3.05) is 11.5 Å². The number of carbonyl (C=O) groups is 1. The number of amides is 1. The van der Waals surface area contributed by atoms with E-state index in [1.807, 2.05) is 47.0 Å². The van der Waals surface area contributed by atoms with Crippen molar-refractivity contribution in [2.24, 2.45) is 7.05 Å². The van der Waals surface area contributed by atoms with Gasteiger partial charge in [-0.1, -0.05) is 18.2 Å². The van der Waals surface area contributed by atoms with E-state index >= 15 is 0 Å². The number of aromatic nitrogens is 1. The van der Waals surface area contributed by atoms with Crippen LogP contribution in [0.4, 0.5) is 0 Å². The zero-order valence-electron chi connectivity index (χ0n) is 13.1. The number of fused-ring (bicyclic) bond motifs is 1. The number of nitrogens with zero attached hydrogens (tertiary/aromatic N) is 2. The maximum atomic E-state index is 13.2. The van der Waals surface area contributed by atoms with Crippen LogP contribution in [0.1, 0.15) is 29.6 Å². The average molecular weight is 332 g/mol. The summed E-state index contributed by atoms with van der Waals surface area (Å²) >= 11 is 0. The number of hydrogen-bond acceptors (Lipinski definition) is 3. The summed E-state index contributed by atoms with van der Waals surface area (Å²) in [5.74, 6) is 0.287. The van der Waals surface area contributed by atoms with Crippen LogP contribution >= 0.6 is 0 Å². The van der Waals surface area contributed by atoms with E-state index in [-0.39, 0.29) is 29.5 Å². The molecule has 4 rings (SSSR count). The van der Waals surface area contributed by atoms with Gasteiger partial charge in [-0.25, -0.2) is 8.42 Å². The molecule has 1 aromatic carbocycles. The highest BCUT2D eigenvalue weighted by atomic mass is 32.2. The van der Waals surface area contributed by atoms with Crippen LogP contribution in [0.3, 0.4) is 0 Å². The van der Waals surface area contributed by atoms with Gasteiger partial charge in [0.25, 0.3) is 5.91 Å². The molecular weight excluding hydrogens is 312 g/mol. The minimum absolute atomic E-state index is 0.0219. The van der Waals surface area contributed by atoms with Crippen molar-refractivity contribution in [2.45, 2.75) is 31.3 Å². The maximum Gasteiger partial charge on any atom is 0.256 e. The van der Waals surface area contributed by atoms with Crippen molar-refractivity contribution in [3.05, 3.63) is 36.0 Å². The fraction of sp³-hybridized carbons (Fsp3) is 0.471. The van der Waals surface area contributed by atoms with Gasteiger partial charge in [0.1, 0.15) is 0 Å². The van der Waals surface area contributed by atoms with Gasteiger partial charge in [0.05, 0.1) is 17.1 Å². The Balaban J connectivity index is 1.73. The van der Waals surface area contributed by atoms with Crippen molar-refractivity contribution in [1.82, 2.24) is 9.47 Å². The number of rotatable bonds is 3. The zero-order valence-corrected chi connectivity index (χ0v) is 13.9. The number of hydrogen-bond donors (Lipinski definition) is 0. The molecule has 0 radical (unpaired) electrons. The lowest BCUT2D eigenvalue weighted by Gasteiger charge is -2.28. The molecule has 1 saturated heterocycles. The van der Waals surface area contributed by atoms with Crippen molar-refractivity contribution >= 4 is 26.6 Å². The monoisotopic (exact) mass is 332 g/mol. The topological polar surface area (TPSA) is 59.4 Å². The molecule has 2 aromatic rings. The maximum absolute atomic E-state index is 13.2. The minimum atomic E-state index is -3.00. The van der Waals surface area contributed by atoms with Gasteiger partial charge in [0, 0.05) is 36.2 Å². The summed E-state index contributed by atoms with van der Waals surface area (Å²) in [6.45, 7) is 0. The minimum Gasteiger partial charge on any atom is -0.350 e. The van der Waals surface area contributed by atoms with Crippen LogP contribution in [-0.4, -0.2) is 47.4 Å². The van der Waals surface area contributed by atoms with Gasteiger partial charge in [0.2, 0.25) is 0 Å². The molecule has 0 spiro atoms. The molecule has 5 nitrogen and oxygen atoms in total. The molecule has 1 amide bonds. The highest BCUT2D eigenvalue weighted by molar-refractivity contribution is 7.91. The van der Waals surface area contributed by atoms with Crippen LogP contribution in [0.5, 0.6) is 0 Å². The smallest absolute Gasteiger partial charge is 0.256 e. The standard InChI is InChI=1S/C17H20N2O3S/c1-18-10-15(14-4-2-3-5-16(14)18)17(20)19(12-6-7-12)13-8-9-23(21,22)11-13/h2-5,10,12-13H,6-9,11H2,1H3/t13-/m0/s1. The number of carbonyl (C=O) groups excluding carboxylic acids is 1. The lowest BCUT2D eigenvalue weighted by Crippen LogP contribution is -2.42. The van der Waals surface area contributed by atoms with Gasteiger partial charge >= 0.3 is 0 Å². The van der Waals surface area contributed by atoms with E-state index in [1.54, 1.807) is 0 Å². The van der Waals surface area contributed by atoms with Crippen LogP contribution in [0, 0.1) is 0 Å². The molecular formula is C17H20N2O3S. The van der Waals surface area contributed by atoms with E-state index in [0.717, 1.165) is 23.7 Å². The molecule has 1 aromatic heterocycles. The SMILES string of the molecule is Cn1cc(C(=O)N(C2CC2)[C@H]2CCS(=O)(=O)C2)c2ccccc21. The van der Waals surface area contributed by atoms with Gasteiger partial charge in [-0.05, 0) is 25.3 Å². The Hall–Kier alpha value is -1.82. The summed E-state index contributed by atoms with van der Waals surface area (Å²) < 4.78 is 25.6. The Morgan fingerprint density at radius 2 is 1.91 bits per heavy atom. The Kier molecular flexibility index (Phi) is 3.27. The second kappa shape index (κ2) is 5.09. The number of sulfone groups is 1. The van der Waals surface area contributed by atoms with Gasteiger partial charge in [-0.3, -0.25) is 4.79 Å². The van der Waals surface area contributed by atoms with Crippen molar-refractivity contribution in [1.29, 1.82) is 0 Å². The molecule has 1 atom stereocenters. The highest BCUT2D eigenvalue weighted by Gasteiger charge is 2.42. The fourth-order valence-electron chi connectivity index (χ4n) is 3.63. The van der Waals surface area contributed by atoms with Crippen LogP contribution < -0.4 is 0 Å². The first-order valence-corrected chi connectivity index (χ1v) is 9.85. The molecule has 1 saturated carbocycles. The van der Waals surface area contributed by atoms with E-state index in [2.05, 4.69) is 0 Å². The van der Waals surface area contributed by atoms with Gasteiger partial charge in [0.15, 0.2) is 9.84 Å². The molecule has 0 unspecified atom stereocenters. The lowest BCUT2D eigenvalue weighted by molar-refractivity contribution is 0.0682. The number of para-hydroxylation sites is 1. The summed E-state index contributed by atoms with van der Waals surface area (Å²) in [5, 5.41) is 0.937. The van der Waals surface area contributed by atoms with E-state index in [1.165, 1.54) is 0 Å². The predicted molar refractivity (Wildman–Crippen MR) is 89.2 cm³/mol. The summed E-state index contributed by atoms with van der Waals surface area (Å²) in [7, 11) is -1.07. The quantitative estimate of drug-likeness (QED) is 0.863. The van der Waals surface area contributed by atoms with Crippen LogP contribution in [0.15, 0.2) is 30.5 Å². The third-order valence-corrected chi connectivity index (χ3v) is 6.65. The molecule has 6 heteroatoms. The van der Waals surface area contributed by atoms with E-state index in [4.69, 9.17) is 0 Å². The molecule has 23 heavy (non-hydrogen) atoms. The number of benzene rings is 1. The van der Waals surface area contributed by atoms with Crippen molar-refractivity contribution in [3.63, 3.8) is 0 Å². The van der Waals surface area contributed by atoms with E-state index in [9.17, 15) is 13.2 Å². The van der Waals surface area contributed by atoms with E-state index < -0.39 is 9.84 Å². The molecule has 0 bridgehead atoms.